The molecule has 0 aromatic heterocycles. The summed E-state index contributed by atoms with van der Waals surface area (Å²) in [6.07, 6.45) is 0. The smallest absolute Gasteiger partial charge is 0.231 e. The van der Waals surface area contributed by atoms with Crippen LogP contribution in [0.25, 0.3) is 0 Å². The first kappa shape index (κ1) is 14.1. The number of hydrogen-bond acceptors (Lipinski definition) is 4. The second-order valence-corrected chi connectivity index (χ2v) is 5.53. The van der Waals surface area contributed by atoms with Crippen LogP contribution in [0.3, 0.4) is 0 Å². The number of rotatable bonds is 5. The van der Waals surface area contributed by atoms with Crippen molar-refractivity contribution >= 4 is 21.7 Å². The normalized spacial score (nSPS) is 12.4. The van der Waals surface area contributed by atoms with Crippen LogP contribution in [0.5, 0.6) is 11.5 Å². The van der Waals surface area contributed by atoms with E-state index in [2.05, 4.69) is 15.9 Å². The molecule has 0 saturated carbocycles. The molecule has 2 aromatic rings. The van der Waals surface area contributed by atoms with Gasteiger partial charge in [-0.15, -0.1) is 0 Å². The number of fused-ring (bicyclic) bond motifs is 1. The van der Waals surface area contributed by atoms with E-state index >= 15 is 0 Å². The summed E-state index contributed by atoms with van der Waals surface area (Å²) in [5, 5.41) is 0. The Hall–Kier alpha value is -1.85. The fourth-order valence-corrected chi connectivity index (χ4v) is 2.49. The molecule has 4 nitrogen and oxygen atoms in total. The highest BCUT2D eigenvalue weighted by Crippen LogP contribution is 2.32. The average molecular weight is 349 g/mol. The predicted molar refractivity (Wildman–Crippen MR) is 80.7 cm³/mol. The van der Waals surface area contributed by atoms with E-state index in [9.17, 15) is 4.79 Å². The summed E-state index contributed by atoms with van der Waals surface area (Å²) in [4.78, 5) is 12.1. The summed E-state index contributed by atoms with van der Waals surface area (Å²) >= 11 is 3.40. The molecule has 0 bridgehead atoms. The largest absolute Gasteiger partial charge is 0.454 e. The zero-order valence-corrected chi connectivity index (χ0v) is 12.8. The lowest BCUT2D eigenvalue weighted by molar-refractivity contribution is 0.0726. The van der Waals surface area contributed by atoms with E-state index in [1.54, 1.807) is 18.2 Å². The first-order valence-corrected chi connectivity index (χ1v) is 7.27. The van der Waals surface area contributed by atoms with Crippen LogP contribution in [0.1, 0.15) is 15.9 Å². The third kappa shape index (κ3) is 3.43. The van der Waals surface area contributed by atoms with Crippen LogP contribution in [-0.2, 0) is 11.3 Å². The number of ether oxygens (including phenoxy) is 3. The Morgan fingerprint density at radius 3 is 2.86 bits per heavy atom. The minimum absolute atomic E-state index is 0.0339. The molecule has 1 aliphatic heterocycles. The van der Waals surface area contributed by atoms with Crippen molar-refractivity contribution in [2.45, 2.75) is 6.61 Å². The Kier molecular flexibility index (Phi) is 4.22. The number of halogens is 1. The molecule has 0 unspecified atom stereocenters. The molecule has 0 amide bonds. The average Bonchev–Trinajstić information content (AvgIpc) is 2.94. The van der Waals surface area contributed by atoms with Gasteiger partial charge in [-0.05, 0) is 35.9 Å². The molecule has 0 aliphatic carbocycles. The fourth-order valence-electron chi connectivity index (χ4n) is 2.04. The van der Waals surface area contributed by atoms with Crippen LogP contribution < -0.4 is 9.47 Å². The van der Waals surface area contributed by atoms with E-state index < -0.39 is 0 Å². The topological polar surface area (TPSA) is 44.8 Å². The summed E-state index contributed by atoms with van der Waals surface area (Å²) in [7, 11) is 0. The van der Waals surface area contributed by atoms with E-state index in [0.29, 0.717) is 23.7 Å². The molecule has 0 radical (unpaired) electrons. The summed E-state index contributed by atoms with van der Waals surface area (Å²) in [6.45, 7) is 0.633. The molecule has 0 atom stereocenters. The Labute approximate surface area is 130 Å². The van der Waals surface area contributed by atoms with Crippen molar-refractivity contribution in [3.05, 3.63) is 58.1 Å². The highest BCUT2D eigenvalue weighted by molar-refractivity contribution is 9.10. The third-order valence-corrected chi connectivity index (χ3v) is 3.58. The molecule has 2 aromatic carbocycles. The van der Waals surface area contributed by atoms with Crippen molar-refractivity contribution in [2.24, 2.45) is 0 Å². The SMILES string of the molecule is O=C(COCc1cccc(Br)c1)c1ccc2c(c1)OCO2. The Balaban J connectivity index is 1.57. The Morgan fingerprint density at radius 1 is 1.14 bits per heavy atom. The summed E-state index contributed by atoms with van der Waals surface area (Å²) in [5.41, 5.74) is 1.58. The van der Waals surface area contributed by atoms with E-state index in [-0.39, 0.29) is 19.2 Å². The summed E-state index contributed by atoms with van der Waals surface area (Å²) < 4.78 is 16.9. The van der Waals surface area contributed by atoms with Gasteiger partial charge >= 0.3 is 0 Å². The highest BCUT2D eigenvalue weighted by Gasteiger charge is 2.16. The van der Waals surface area contributed by atoms with Crippen molar-refractivity contribution < 1.29 is 19.0 Å². The molecule has 1 heterocycles. The Bertz CT molecular complexity index is 669. The molecule has 5 heteroatoms. The van der Waals surface area contributed by atoms with Gasteiger partial charge in [0.25, 0.3) is 0 Å². The van der Waals surface area contributed by atoms with Crippen LogP contribution in [0, 0.1) is 0 Å². The number of carbonyl (C=O) groups is 1. The zero-order valence-electron chi connectivity index (χ0n) is 11.2. The van der Waals surface area contributed by atoms with E-state index in [0.717, 1.165) is 10.0 Å². The molecule has 0 spiro atoms. The molecule has 0 N–H and O–H groups in total. The highest BCUT2D eigenvalue weighted by atomic mass is 79.9. The van der Waals surface area contributed by atoms with Crippen LogP contribution in [0.4, 0.5) is 0 Å². The van der Waals surface area contributed by atoms with Crippen molar-refractivity contribution in [2.75, 3.05) is 13.4 Å². The van der Waals surface area contributed by atoms with Gasteiger partial charge in [0, 0.05) is 10.0 Å². The lowest BCUT2D eigenvalue weighted by atomic mass is 10.1. The number of benzene rings is 2. The Morgan fingerprint density at radius 2 is 2.00 bits per heavy atom. The van der Waals surface area contributed by atoms with Gasteiger partial charge < -0.3 is 14.2 Å². The maximum atomic E-state index is 12.1. The van der Waals surface area contributed by atoms with Crippen LogP contribution in [0.15, 0.2) is 46.9 Å². The van der Waals surface area contributed by atoms with Crippen LogP contribution in [0.2, 0.25) is 0 Å². The molecule has 0 fully saturated rings. The van der Waals surface area contributed by atoms with Crippen molar-refractivity contribution in [3.8, 4) is 11.5 Å². The summed E-state index contributed by atoms with van der Waals surface area (Å²) in [6, 6.07) is 12.9. The monoisotopic (exact) mass is 348 g/mol. The lowest BCUT2D eigenvalue weighted by Gasteiger charge is -2.05. The molecule has 21 heavy (non-hydrogen) atoms. The molecule has 3 rings (SSSR count). The number of carbonyl (C=O) groups excluding carboxylic acids is 1. The fraction of sp³-hybridized carbons (Fsp3) is 0.188. The van der Waals surface area contributed by atoms with Gasteiger partial charge in [0.2, 0.25) is 6.79 Å². The third-order valence-electron chi connectivity index (χ3n) is 3.09. The quantitative estimate of drug-likeness (QED) is 0.774. The first-order chi connectivity index (χ1) is 10.2. The lowest BCUT2D eigenvalue weighted by Crippen LogP contribution is -2.09. The second-order valence-electron chi connectivity index (χ2n) is 4.61. The van der Waals surface area contributed by atoms with Gasteiger partial charge in [-0.1, -0.05) is 28.1 Å². The van der Waals surface area contributed by atoms with Gasteiger partial charge in [0.05, 0.1) is 6.61 Å². The maximum absolute atomic E-state index is 12.1. The van der Waals surface area contributed by atoms with Crippen molar-refractivity contribution in [3.63, 3.8) is 0 Å². The van der Waals surface area contributed by atoms with Gasteiger partial charge in [0.15, 0.2) is 17.3 Å². The number of Topliss-reactive ketones (excluding diaryl/α,β-unsaturated/α-hetero) is 1. The van der Waals surface area contributed by atoms with Crippen molar-refractivity contribution in [1.82, 2.24) is 0 Å². The van der Waals surface area contributed by atoms with Crippen LogP contribution >= 0.6 is 15.9 Å². The standard InChI is InChI=1S/C16H13BrO4/c17-13-3-1-2-11(6-13)8-19-9-14(18)12-4-5-15-16(7-12)21-10-20-15/h1-7H,8-10H2. The molecular formula is C16H13BrO4. The summed E-state index contributed by atoms with van der Waals surface area (Å²) in [5.74, 6) is 1.19. The van der Waals surface area contributed by atoms with E-state index in [4.69, 9.17) is 14.2 Å². The first-order valence-electron chi connectivity index (χ1n) is 6.47. The zero-order chi connectivity index (χ0) is 14.7. The van der Waals surface area contributed by atoms with Gasteiger partial charge in [0.1, 0.15) is 6.61 Å². The van der Waals surface area contributed by atoms with E-state index in [1.165, 1.54) is 0 Å². The molecule has 1 aliphatic rings. The van der Waals surface area contributed by atoms with E-state index in [1.807, 2.05) is 24.3 Å². The van der Waals surface area contributed by atoms with Crippen molar-refractivity contribution in [1.29, 1.82) is 0 Å². The molecule has 0 saturated heterocycles. The molecule has 108 valence electrons. The van der Waals surface area contributed by atoms with Gasteiger partial charge in [-0.25, -0.2) is 0 Å². The second kappa shape index (κ2) is 6.28. The minimum Gasteiger partial charge on any atom is -0.454 e. The number of hydrogen-bond donors (Lipinski definition) is 0. The van der Waals surface area contributed by atoms with Gasteiger partial charge in [-0.2, -0.15) is 0 Å². The predicted octanol–water partition coefficient (Wildman–Crippen LogP) is 3.58. The van der Waals surface area contributed by atoms with Crippen LogP contribution in [-0.4, -0.2) is 19.2 Å². The number of ketones is 1. The van der Waals surface area contributed by atoms with Gasteiger partial charge in [-0.3, -0.25) is 4.79 Å². The maximum Gasteiger partial charge on any atom is 0.231 e. The molecular weight excluding hydrogens is 336 g/mol. The minimum atomic E-state index is -0.0803.